The minimum atomic E-state index is -0.274. The Kier molecular flexibility index (Phi) is 33.2. The Balaban J connectivity index is 0.000000146. The molecule has 5 amide bonds. The molecule has 18 nitrogen and oxygen atoms in total. The van der Waals surface area contributed by atoms with Gasteiger partial charge in [-0.05, 0) is 349 Å². The Morgan fingerprint density at radius 3 is 1.06 bits per heavy atom. The maximum atomic E-state index is 12.0. The molecule has 27 atom stereocenters. The number of ether oxygens (including phenoxy) is 4. The van der Waals surface area contributed by atoms with Gasteiger partial charge < -0.3 is 44.7 Å². The van der Waals surface area contributed by atoms with Crippen LogP contribution in [0.2, 0.25) is 0 Å². The van der Waals surface area contributed by atoms with Crippen molar-refractivity contribution in [3.05, 3.63) is 112 Å². The summed E-state index contributed by atoms with van der Waals surface area (Å²) >= 11 is 0. The zero-order valence-electron chi connectivity index (χ0n) is 79.4. The van der Waals surface area contributed by atoms with Crippen LogP contribution >= 0.6 is 0 Å². The summed E-state index contributed by atoms with van der Waals surface area (Å²) in [4.78, 5) is 106. The molecule has 18 heteroatoms. The van der Waals surface area contributed by atoms with Crippen molar-refractivity contribution >= 4 is 53.4 Å². The smallest absolute Gasteiger partial charge is 0.333 e. The number of hydrogen-bond acceptors (Lipinski definition) is 13. The molecule has 18 rings (SSSR count). The molecular weight excluding hydrogens is 1550 g/mol. The molecule has 0 saturated heterocycles. The molecule has 18 saturated carbocycles. The average molecular weight is 1720 g/mol. The molecule has 3 N–H and O–H groups in total. The third-order valence-electron chi connectivity index (χ3n) is 36.6. The van der Waals surface area contributed by atoms with E-state index >= 15 is 0 Å². The van der Waals surface area contributed by atoms with Crippen LogP contribution in [-0.4, -0.2) is 131 Å². The van der Waals surface area contributed by atoms with Crippen molar-refractivity contribution in [2.24, 2.45) is 121 Å². The van der Waals surface area contributed by atoms with Crippen molar-refractivity contribution in [3.8, 4) is 0 Å². The van der Waals surface area contributed by atoms with E-state index in [1.54, 1.807) is 20.8 Å². The third-order valence-corrected chi connectivity index (χ3v) is 36.6. The number of nitrogens with zero attached hydrogens (tertiary/aromatic N) is 2. The Bertz CT molecular complexity index is 3800. The van der Waals surface area contributed by atoms with Crippen LogP contribution in [0.25, 0.3) is 0 Å². The quantitative estimate of drug-likeness (QED) is 0.0621. The van der Waals surface area contributed by atoms with Gasteiger partial charge in [0.05, 0.1) is 0 Å². The van der Waals surface area contributed by atoms with E-state index in [9.17, 15) is 43.2 Å². The predicted octanol–water partition coefficient (Wildman–Crippen LogP) is 20.7. The Hall–Kier alpha value is -7.11. The van der Waals surface area contributed by atoms with E-state index in [2.05, 4.69) is 144 Å². The van der Waals surface area contributed by atoms with E-state index in [0.717, 1.165) is 104 Å². The first-order valence-electron chi connectivity index (χ1n) is 48.5. The number of nitrogens with one attached hydrogen (secondary N) is 3. The Labute approximate surface area is 747 Å². The van der Waals surface area contributed by atoms with E-state index in [0.29, 0.717) is 92.4 Å². The number of fused-ring (bicyclic) bond motifs is 18. The molecule has 18 bridgehead atoms. The summed E-state index contributed by atoms with van der Waals surface area (Å²) < 4.78 is 21.7. The van der Waals surface area contributed by atoms with Crippen LogP contribution in [0.4, 0.5) is 0 Å². The van der Waals surface area contributed by atoms with Gasteiger partial charge in [0.15, 0.2) is 0 Å². The number of amides is 5. The van der Waals surface area contributed by atoms with E-state index in [4.69, 9.17) is 18.9 Å². The summed E-state index contributed by atoms with van der Waals surface area (Å²) in [5.74, 6) is 11.1. The van der Waals surface area contributed by atoms with Gasteiger partial charge in [-0.1, -0.05) is 147 Å². The van der Waals surface area contributed by atoms with Crippen LogP contribution in [0.5, 0.6) is 0 Å². The van der Waals surface area contributed by atoms with Gasteiger partial charge in [0.2, 0.25) is 29.5 Å². The molecule has 690 valence electrons. The monoisotopic (exact) mass is 1710 g/mol. The summed E-state index contributed by atoms with van der Waals surface area (Å²) in [7, 11) is 1.91. The van der Waals surface area contributed by atoms with E-state index < -0.39 is 0 Å². The predicted molar refractivity (Wildman–Crippen MR) is 494 cm³/mol. The van der Waals surface area contributed by atoms with Crippen molar-refractivity contribution in [1.82, 2.24) is 25.8 Å². The summed E-state index contributed by atoms with van der Waals surface area (Å²) in [6.45, 7) is 62.7. The molecule has 0 aromatic carbocycles. The molecule has 0 aliphatic heterocycles. The standard InChI is InChI=1S/C14H22O2.2C13H21NO.C13H20O2.2C11H17NO.C11H16O2.C10H15NO.C10H14O2/c1-9(2)12(15)16-11-8-10-6-7-14(11,5)13(10,3)4;1-5-11(15)14-10-8-9-6-7-13(10,4)12(9,2)3;1-4-14(13(15)9(2)3)12-8-10-5-6-11(12)7-10;1-5-11(14)15-10-8-9-6-7-13(10,4)12(9,2)3;1-7(2)11(13)12-10-6-8-3-4-9(10)5-8;1-3-11(13)12(2)10-7-8-4-5-9(10)6-8;1-7(2)11(12)13-10-6-8-3-4-9(10)5-8;1-2-10(12)11-9-6-7-3-4-8(9)5-7;1-2-10(11)12-9-6-7-3-4-8(9)5-7/h10-11H,1,6-8H2,2-5H3;5,9-10H,1,6-8H2,2-4H3,(H,14,15);10-12H,2,4-8H2,1,3H3;5,9-10H,1,6-8H2,2-4H3;8-10H,1,3-6H2,2H3,(H,12,13);3,8-10H,1,4-7H2,2H3;8-10H,1,3-6H2,2H3;2,7-9H,1,3-6H2,(H,11,12);2,7-9H,1,3-6H2. The molecular formula is C106H163N5O13. The third kappa shape index (κ3) is 22.1. The van der Waals surface area contributed by atoms with Crippen molar-refractivity contribution < 1.29 is 62.1 Å². The molecule has 18 aliphatic carbocycles. The highest BCUT2D eigenvalue weighted by molar-refractivity contribution is 5.93. The molecule has 18 fully saturated rings. The fourth-order valence-electron chi connectivity index (χ4n) is 27.5. The first-order chi connectivity index (χ1) is 58.4. The first-order valence-corrected chi connectivity index (χ1v) is 48.5. The van der Waals surface area contributed by atoms with Gasteiger partial charge >= 0.3 is 23.9 Å². The molecule has 18 aliphatic rings. The molecule has 27 unspecified atom stereocenters. The van der Waals surface area contributed by atoms with Gasteiger partial charge in [-0.25, -0.2) is 19.2 Å². The van der Waals surface area contributed by atoms with Gasteiger partial charge in [0.25, 0.3) is 0 Å². The van der Waals surface area contributed by atoms with Crippen LogP contribution in [0.15, 0.2) is 112 Å². The second-order valence-electron chi connectivity index (χ2n) is 44.2. The number of esters is 4. The maximum absolute atomic E-state index is 12.0. The number of rotatable bonds is 19. The number of likely N-dealkylation sites (N-methyl/N-ethyl adjacent to an activating group) is 2. The van der Waals surface area contributed by atoms with Crippen molar-refractivity contribution in [2.75, 3.05) is 13.6 Å². The highest BCUT2D eigenvalue weighted by Crippen LogP contribution is 2.69. The number of carbonyl (C=O) groups excluding carboxylic acids is 9. The fourth-order valence-corrected chi connectivity index (χ4v) is 27.5. The summed E-state index contributed by atoms with van der Waals surface area (Å²) in [5, 5.41) is 9.17. The SMILES string of the molecule is C=C(C)C(=O)N(CC)C1CC2CCC1C2.C=C(C)C(=O)NC1CC2CCC1C2.C=C(C)C(=O)OC1CC2CCC1(C)C2(C)C.C=C(C)C(=O)OC1CC2CCC1C2.C=CC(=O)N(C)C1CC2CCC1C2.C=CC(=O)NC1CC2CCC1(C)C2(C)C.C=CC(=O)NC1CC2CCC1C2.C=CC(=O)OC1CC2CCC1(C)C2(C)C.C=CC(=O)OC1CC2CCC1C2. The summed E-state index contributed by atoms with van der Waals surface area (Å²) in [6, 6.07) is 2.26. The lowest BCUT2D eigenvalue weighted by atomic mass is 9.69. The Morgan fingerprint density at radius 2 is 0.734 bits per heavy atom. The second kappa shape index (κ2) is 41.5. The van der Waals surface area contributed by atoms with Crippen molar-refractivity contribution in [2.45, 2.75) is 363 Å². The van der Waals surface area contributed by atoms with Gasteiger partial charge in [-0.15, -0.1) is 0 Å². The minimum Gasteiger partial charge on any atom is -0.459 e. The summed E-state index contributed by atoms with van der Waals surface area (Å²) in [5.41, 5.74) is 3.89. The minimum absolute atomic E-state index is 0.00690. The topological polar surface area (TPSA) is 233 Å². The second-order valence-corrected chi connectivity index (χ2v) is 44.2. The maximum Gasteiger partial charge on any atom is 0.333 e. The van der Waals surface area contributed by atoms with Crippen molar-refractivity contribution in [3.63, 3.8) is 0 Å². The highest BCUT2D eigenvalue weighted by Gasteiger charge is 2.65. The molecule has 124 heavy (non-hydrogen) atoms. The zero-order valence-corrected chi connectivity index (χ0v) is 79.4. The van der Waals surface area contributed by atoms with E-state index in [-0.39, 0.29) is 94.1 Å². The lowest BCUT2D eigenvalue weighted by molar-refractivity contribution is -0.152. The van der Waals surface area contributed by atoms with Gasteiger partial charge in [0.1, 0.15) is 24.4 Å². The molecule has 0 aromatic heterocycles. The summed E-state index contributed by atoms with van der Waals surface area (Å²) in [6.07, 6.45) is 48.9. The Morgan fingerprint density at radius 1 is 0.363 bits per heavy atom. The van der Waals surface area contributed by atoms with Gasteiger partial charge in [-0.2, -0.15) is 0 Å². The van der Waals surface area contributed by atoms with E-state index in [1.807, 2.05) is 23.8 Å². The average Bonchev–Trinajstić information content (AvgIpc) is 1.57. The van der Waals surface area contributed by atoms with E-state index in [1.165, 1.54) is 210 Å². The zero-order chi connectivity index (χ0) is 91.0. The number of carbonyl (C=O) groups is 9. The lowest BCUT2D eigenvalue weighted by Crippen LogP contribution is -2.46. The van der Waals surface area contributed by atoms with Gasteiger partial charge in [-0.3, -0.25) is 24.0 Å². The van der Waals surface area contributed by atoms with Crippen molar-refractivity contribution in [1.29, 1.82) is 0 Å². The molecule has 0 heterocycles. The van der Waals surface area contributed by atoms with Crippen LogP contribution in [0.1, 0.15) is 309 Å². The largest absolute Gasteiger partial charge is 0.459 e. The molecule has 0 spiro atoms. The fraction of sp³-hybridized carbons (Fsp3) is 0.745. The molecule has 0 radical (unpaired) electrons. The van der Waals surface area contributed by atoms with Gasteiger partial charge in [0, 0.05) is 89.1 Å². The normalized spacial score (nSPS) is 38.0. The lowest BCUT2D eigenvalue weighted by Gasteiger charge is -2.39. The van der Waals surface area contributed by atoms with Crippen LogP contribution in [0, 0.1) is 121 Å². The van der Waals surface area contributed by atoms with Crippen LogP contribution < -0.4 is 16.0 Å². The number of hydrogen-bond donors (Lipinski definition) is 3. The van der Waals surface area contributed by atoms with Crippen LogP contribution in [0.3, 0.4) is 0 Å². The van der Waals surface area contributed by atoms with Crippen LogP contribution in [-0.2, 0) is 62.1 Å². The first kappa shape index (κ1) is 99.1. The highest BCUT2D eigenvalue weighted by atomic mass is 16.6. The molecule has 0 aromatic rings.